The zero-order chi connectivity index (χ0) is 9.68. The molecular weight excluding hydrogens is 162 g/mol. The summed E-state index contributed by atoms with van der Waals surface area (Å²) in [5.41, 5.74) is 7.48. The molecule has 0 spiro atoms. The second-order valence-corrected chi connectivity index (χ2v) is 2.80. The van der Waals surface area contributed by atoms with Crippen LogP contribution in [0.25, 0.3) is 0 Å². The maximum absolute atomic E-state index is 5.34. The van der Waals surface area contributed by atoms with Gasteiger partial charge in [-0.05, 0) is 13.8 Å². The van der Waals surface area contributed by atoms with E-state index in [1.54, 1.807) is 0 Å². The average Bonchev–Trinajstić information content (AvgIpc) is 2.48. The Balaban J connectivity index is 2.79. The van der Waals surface area contributed by atoms with Crippen LogP contribution in [0.5, 0.6) is 0 Å². The van der Waals surface area contributed by atoms with E-state index in [1.807, 2.05) is 17.8 Å². The summed E-state index contributed by atoms with van der Waals surface area (Å²) >= 11 is 0. The fourth-order valence-electron chi connectivity index (χ4n) is 1.12. The number of aryl methyl sites for hydroxylation is 1. The fourth-order valence-corrected chi connectivity index (χ4v) is 1.12. The molecule has 0 aliphatic heterocycles. The highest BCUT2D eigenvalue weighted by Crippen LogP contribution is 2.04. The van der Waals surface area contributed by atoms with Gasteiger partial charge in [-0.25, -0.2) is 0 Å². The van der Waals surface area contributed by atoms with Crippen LogP contribution in [-0.2, 0) is 6.54 Å². The molecule has 3 heteroatoms. The number of hydrogen-bond acceptors (Lipinski definition) is 2. The van der Waals surface area contributed by atoms with E-state index in [2.05, 4.69) is 23.9 Å². The van der Waals surface area contributed by atoms with Crippen LogP contribution in [0.1, 0.15) is 24.6 Å². The highest BCUT2D eigenvalue weighted by molar-refractivity contribution is 5.35. The van der Waals surface area contributed by atoms with Crippen molar-refractivity contribution in [3.05, 3.63) is 17.5 Å². The molecule has 0 atom stereocenters. The van der Waals surface area contributed by atoms with Gasteiger partial charge in [-0.15, -0.1) is 0 Å². The van der Waals surface area contributed by atoms with Crippen molar-refractivity contribution in [1.82, 2.24) is 9.78 Å². The van der Waals surface area contributed by atoms with E-state index in [1.165, 1.54) is 0 Å². The van der Waals surface area contributed by atoms with Gasteiger partial charge >= 0.3 is 0 Å². The average molecular weight is 177 g/mol. The van der Waals surface area contributed by atoms with Crippen molar-refractivity contribution in [3.8, 4) is 11.8 Å². The molecule has 0 saturated carbocycles. The smallest absolute Gasteiger partial charge is 0.0654 e. The molecule has 1 aromatic rings. The number of hydrogen-bond donors (Lipinski definition) is 1. The second-order valence-electron chi connectivity index (χ2n) is 2.80. The summed E-state index contributed by atoms with van der Waals surface area (Å²) in [7, 11) is 0. The van der Waals surface area contributed by atoms with Gasteiger partial charge in [0.15, 0.2) is 0 Å². The quantitative estimate of drug-likeness (QED) is 0.682. The van der Waals surface area contributed by atoms with E-state index in [0.717, 1.165) is 24.2 Å². The first-order chi connectivity index (χ1) is 6.29. The van der Waals surface area contributed by atoms with Crippen LogP contribution in [0, 0.1) is 18.8 Å². The van der Waals surface area contributed by atoms with Crippen molar-refractivity contribution in [2.75, 3.05) is 6.54 Å². The molecule has 70 valence electrons. The van der Waals surface area contributed by atoms with Gasteiger partial charge < -0.3 is 5.73 Å². The molecule has 0 aliphatic rings. The summed E-state index contributed by atoms with van der Waals surface area (Å²) in [5, 5.41) is 4.20. The molecule has 13 heavy (non-hydrogen) atoms. The van der Waals surface area contributed by atoms with Crippen molar-refractivity contribution in [2.45, 2.75) is 26.8 Å². The van der Waals surface area contributed by atoms with Gasteiger partial charge in [0.25, 0.3) is 0 Å². The fraction of sp³-hybridized carbons (Fsp3) is 0.500. The van der Waals surface area contributed by atoms with Crippen LogP contribution < -0.4 is 5.73 Å². The SMILES string of the molecule is CCn1ncc(C#CCCN)c1C. The van der Waals surface area contributed by atoms with Crippen molar-refractivity contribution in [3.63, 3.8) is 0 Å². The lowest BCUT2D eigenvalue weighted by Gasteiger charge is -1.96. The minimum atomic E-state index is 0.619. The minimum absolute atomic E-state index is 0.619. The van der Waals surface area contributed by atoms with Gasteiger partial charge in [-0.3, -0.25) is 4.68 Å². The van der Waals surface area contributed by atoms with Gasteiger partial charge in [0, 0.05) is 19.5 Å². The Morgan fingerprint density at radius 1 is 1.62 bits per heavy atom. The van der Waals surface area contributed by atoms with Crippen LogP contribution in [0.15, 0.2) is 6.20 Å². The number of nitrogens with two attached hydrogens (primary N) is 1. The molecular formula is C10H15N3. The Kier molecular flexibility index (Phi) is 3.53. The third-order valence-electron chi connectivity index (χ3n) is 1.90. The third kappa shape index (κ3) is 2.33. The topological polar surface area (TPSA) is 43.8 Å². The molecule has 0 radical (unpaired) electrons. The summed E-state index contributed by atoms with van der Waals surface area (Å²) < 4.78 is 1.94. The second kappa shape index (κ2) is 4.68. The monoisotopic (exact) mass is 177 g/mol. The van der Waals surface area contributed by atoms with Gasteiger partial charge in [0.2, 0.25) is 0 Å². The van der Waals surface area contributed by atoms with Gasteiger partial charge in [0.1, 0.15) is 0 Å². The largest absolute Gasteiger partial charge is 0.330 e. The molecule has 0 fully saturated rings. The van der Waals surface area contributed by atoms with Crippen LogP contribution in [0.3, 0.4) is 0 Å². The first kappa shape index (κ1) is 9.82. The van der Waals surface area contributed by atoms with Crippen molar-refractivity contribution in [1.29, 1.82) is 0 Å². The molecule has 0 aliphatic carbocycles. The Bertz CT molecular complexity index is 328. The summed E-state index contributed by atoms with van der Waals surface area (Å²) in [6, 6.07) is 0. The predicted molar refractivity (Wildman–Crippen MR) is 53.2 cm³/mol. The van der Waals surface area contributed by atoms with E-state index in [4.69, 9.17) is 5.73 Å². The highest BCUT2D eigenvalue weighted by atomic mass is 15.3. The van der Waals surface area contributed by atoms with E-state index >= 15 is 0 Å². The van der Waals surface area contributed by atoms with Crippen molar-refractivity contribution < 1.29 is 0 Å². The molecule has 0 saturated heterocycles. The van der Waals surface area contributed by atoms with Crippen LogP contribution in [0.2, 0.25) is 0 Å². The summed E-state index contributed by atoms with van der Waals surface area (Å²) in [5.74, 6) is 6.06. The minimum Gasteiger partial charge on any atom is -0.330 e. The first-order valence-corrected chi connectivity index (χ1v) is 4.51. The maximum atomic E-state index is 5.34. The highest BCUT2D eigenvalue weighted by Gasteiger charge is 2.00. The third-order valence-corrected chi connectivity index (χ3v) is 1.90. The molecule has 1 rings (SSSR count). The van der Waals surface area contributed by atoms with Gasteiger partial charge in [0.05, 0.1) is 17.5 Å². The maximum Gasteiger partial charge on any atom is 0.0654 e. The lowest BCUT2D eigenvalue weighted by Crippen LogP contribution is -1.98. The zero-order valence-corrected chi connectivity index (χ0v) is 8.17. The van der Waals surface area contributed by atoms with Crippen molar-refractivity contribution in [2.24, 2.45) is 5.73 Å². The molecule has 0 amide bonds. The predicted octanol–water partition coefficient (Wildman–Crippen LogP) is 0.912. The zero-order valence-electron chi connectivity index (χ0n) is 8.17. The summed E-state index contributed by atoms with van der Waals surface area (Å²) in [6.45, 7) is 5.61. The number of nitrogens with zero attached hydrogens (tertiary/aromatic N) is 2. The van der Waals surface area contributed by atoms with Crippen molar-refractivity contribution >= 4 is 0 Å². The summed E-state index contributed by atoms with van der Waals surface area (Å²) in [4.78, 5) is 0. The number of aromatic nitrogens is 2. The lowest BCUT2D eigenvalue weighted by atomic mass is 10.2. The van der Waals surface area contributed by atoms with Crippen LogP contribution in [0.4, 0.5) is 0 Å². The molecule has 3 nitrogen and oxygen atoms in total. The Labute approximate surface area is 78.9 Å². The van der Waals surface area contributed by atoms with Gasteiger partial charge in [-0.1, -0.05) is 11.8 Å². The van der Waals surface area contributed by atoms with E-state index < -0.39 is 0 Å². The molecule has 1 heterocycles. The molecule has 2 N–H and O–H groups in total. The summed E-state index contributed by atoms with van der Waals surface area (Å²) in [6.07, 6.45) is 2.55. The standard InChI is InChI=1S/C10H15N3/c1-3-13-9(2)10(8-12-13)6-4-5-7-11/h8H,3,5,7,11H2,1-2H3. The van der Waals surface area contributed by atoms with E-state index in [9.17, 15) is 0 Å². The first-order valence-electron chi connectivity index (χ1n) is 4.51. The molecule has 1 aromatic heterocycles. The Hall–Kier alpha value is -1.27. The normalized spacial score (nSPS) is 9.46. The molecule has 0 bridgehead atoms. The molecule has 0 unspecified atom stereocenters. The molecule has 0 aromatic carbocycles. The van der Waals surface area contributed by atoms with Crippen LogP contribution >= 0.6 is 0 Å². The number of rotatable bonds is 2. The lowest BCUT2D eigenvalue weighted by molar-refractivity contribution is 0.639. The van der Waals surface area contributed by atoms with E-state index in [0.29, 0.717) is 6.54 Å². The van der Waals surface area contributed by atoms with E-state index in [-0.39, 0.29) is 0 Å². The van der Waals surface area contributed by atoms with Crippen LogP contribution in [-0.4, -0.2) is 16.3 Å². The van der Waals surface area contributed by atoms with Gasteiger partial charge in [-0.2, -0.15) is 5.10 Å². The Morgan fingerprint density at radius 3 is 2.92 bits per heavy atom. The Morgan fingerprint density at radius 2 is 2.38 bits per heavy atom.